The fraction of sp³-hybridized carbons (Fsp3) is 0. The Morgan fingerprint density at radius 2 is 1.90 bits per heavy atom. The van der Waals surface area contributed by atoms with E-state index in [1.807, 2.05) is 18.2 Å². The average Bonchev–Trinajstić information content (AvgIpc) is 2.48. The lowest BCUT2D eigenvalue weighted by Crippen LogP contribution is -2.21. The quantitative estimate of drug-likeness (QED) is 0.750. The smallest absolute Gasteiger partial charge is 0.264 e. The van der Waals surface area contributed by atoms with E-state index < -0.39 is 0 Å². The van der Waals surface area contributed by atoms with Crippen molar-refractivity contribution in [2.24, 2.45) is 0 Å². The number of halogens is 1. The van der Waals surface area contributed by atoms with Crippen molar-refractivity contribution in [2.75, 3.05) is 5.73 Å². The zero-order chi connectivity index (χ0) is 15.0. The fourth-order valence-electron chi connectivity index (χ4n) is 2.29. The van der Waals surface area contributed by atoms with Crippen molar-refractivity contribution in [1.82, 2.24) is 4.57 Å². The first-order chi connectivity index (χ1) is 10.1. The summed E-state index contributed by atoms with van der Waals surface area (Å²) in [5.41, 5.74) is 6.65. The first-order valence-electron chi connectivity index (χ1n) is 6.22. The van der Waals surface area contributed by atoms with Crippen LogP contribution in [0, 0.1) is 11.3 Å². The number of hydrogen-bond acceptors (Lipinski definition) is 3. The van der Waals surface area contributed by atoms with Crippen LogP contribution in [0.25, 0.3) is 16.5 Å². The largest absolute Gasteiger partial charge is 0.385 e. The van der Waals surface area contributed by atoms with Gasteiger partial charge in [0.2, 0.25) is 0 Å². The van der Waals surface area contributed by atoms with Crippen LogP contribution in [-0.2, 0) is 0 Å². The maximum Gasteiger partial charge on any atom is 0.264 e. The summed E-state index contributed by atoms with van der Waals surface area (Å²) in [6.45, 7) is 0. The second kappa shape index (κ2) is 4.97. The molecule has 0 aliphatic heterocycles. The van der Waals surface area contributed by atoms with Gasteiger partial charge in [-0.2, -0.15) is 5.26 Å². The molecule has 3 aromatic rings. The van der Waals surface area contributed by atoms with Crippen LogP contribution in [0.5, 0.6) is 0 Å². The van der Waals surface area contributed by atoms with Gasteiger partial charge in [-0.1, -0.05) is 29.8 Å². The third-order valence-corrected chi connectivity index (χ3v) is 3.58. The summed E-state index contributed by atoms with van der Waals surface area (Å²) in [4.78, 5) is 12.6. The Labute approximate surface area is 125 Å². The summed E-state index contributed by atoms with van der Waals surface area (Å²) in [6, 6.07) is 15.7. The normalized spacial score (nSPS) is 10.5. The number of nitrogens with zero attached hydrogens (tertiary/aromatic N) is 2. The van der Waals surface area contributed by atoms with Gasteiger partial charge in [-0.3, -0.25) is 9.36 Å². The molecule has 0 amide bonds. The molecule has 0 saturated carbocycles. The van der Waals surface area contributed by atoms with Crippen molar-refractivity contribution < 1.29 is 0 Å². The van der Waals surface area contributed by atoms with Crippen molar-refractivity contribution in [3.8, 4) is 11.8 Å². The Morgan fingerprint density at radius 3 is 2.62 bits per heavy atom. The summed E-state index contributed by atoms with van der Waals surface area (Å²) in [6.07, 6.45) is 0. The van der Waals surface area contributed by atoms with Gasteiger partial charge in [0.05, 0.1) is 22.3 Å². The topological polar surface area (TPSA) is 71.8 Å². The number of nitriles is 1. The zero-order valence-corrected chi connectivity index (χ0v) is 11.6. The molecule has 0 aliphatic carbocycles. The Kier molecular flexibility index (Phi) is 3.13. The van der Waals surface area contributed by atoms with Gasteiger partial charge in [-0.05, 0) is 35.7 Å². The van der Waals surface area contributed by atoms with Crippen molar-refractivity contribution in [3.05, 3.63) is 69.5 Å². The maximum atomic E-state index is 12.6. The molecular formula is C16H10ClN3O. The van der Waals surface area contributed by atoms with Crippen LogP contribution < -0.4 is 11.3 Å². The van der Waals surface area contributed by atoms with Gasteiger partial charge in [0.25, 0.3) is 5.56 Å². The summed E-state index contributed by atoms with van der Waals surface area (Å²) in [5, 5.41) is 10.5. The minimum Gasteiger partial charge on any atom is -0.385 e. The fourth-order valence-corrected chi connectivity index (χ4v) is 2.55. The number of nitrogens with two attached hydrogens (primary N) is 1. The van der Waals surface area contributed by atoms with Crippen LogP contribution >= 0.6 is 11.6 Å². The predicted octanol–water partition coefficient (Wildman–Crippen LogP) is 3.10. The molecule has 1 aromatic heterocycles. The highest BCUT2D eigenvalue weighted by Gasteiger charge is 2.12. The molecule has 0 unspecified atom stereocenters. The molecule has 0 saturated heterocycles. The lowest BCUT2D eigenvalue weighted by atomic mass is 10.1. The number of rotatable bonds is 1. The number of nitrogen functional groups attached to an aromatic ring is 1. The molecule has 2 aromatic carbocycles. The summed E-state index contributed by atoms with van der Waals surface area (Å²) >= 11 is 6.17. The van der Waals surface area contributed by atoms with Crippen molar-refractivity contribution in [2.45, 2.75) is 0 Å². The molecule has 0 aliphatic rings. The van der Waals surface area contributed by atoms with Crippen molar-refractivity contribution in [1.29, 1.82) is 5.26 Å². The molecule has 0 fully saturated rings. The monoisotopic (exact) mass is 295 g/mol. The van der Waals surface area contributed by atoms with Gasteiger partial charge in [0.15, 0.2) is 0 Å². The minimum absolute atomic E-state index is 0.239. The molecule has 0 bridgehead atoms. The van der Waals surface area contributed by atoms with Gasteiger partial charge < -0.3 is 5.73 Å². The van der Waals surface area contributed by atoms with Crippen molar-refractivity contribution in [3.63, 3.8) is 0 Å². The number of fused-ring (bicyclic) bond motifs is 1. The van der Waals surface area contributed by atoms with E-state index in [0.717, 1.165) is 5.39 Å². The second-order valence-electron chi connectivity index (χ2n) is 4.58. The molecule has 0 atom stereocenters. The van der Waals surface area contributed by atoms with Crippen LogP contribution in [-0.4, -0.2) is 4.57 Å². The van der Waals surface area contributed by atoms with Gasteiger partial charge >= 0.3 is 0 Å². The summed E-state index contributed by atoms with van der Waals surface area (Å²) < 4.78 is 1.35. The molecule has 5 heteroatoms. The number of pyridine rings is 1. The second-order valence-corrected chi connectivity index (χ2v) is 4.98. The highest BCUT2D eigenvalue weighted by molar-refractivity contribution is 6.32. The van der Waals surface area contributed by atoms with Gasteiger partial charge in [-0.25, -0.2) is 0 Å². The van der Waals surface area contributed by atoms with Crippen molar-refractivity contribution >= 4 is 28.2 Å². The Bertz CT molecular complexity index is 954. The van der Waals surface area contributed by atoms with E-state index in [2.05, 4.69) is 0 Å². The number of hydrogen-bond donors (Lipinski definition) is 1. The van der Waals surface area contributed by atoms with Gasteiger partial charge in [0.1, 0.15) is 5.82 Å². The van der Waals surface area contributed by atoms with E-state index in [4.69, 9.17) is 22.6 Å². The predicted molar refractivity (Wildman–Crippen MR) is 83.7 cm³/mol. The Balaban J connectivity index is 2.36. The third kappa shape index (κ3) is 2.14. The third-order valence-electron chi connectivity index (χ3n) is 3.27. The maximum absolute atomic E-state index is 12.6. The lowest BCUT2D eigenvalue weighted by molar-refractivity contribution is 1.02. The first-order valence-corrected chi connectivity index (χ1v) is 6.60. The molecule has 3 rings (SSSR count). The molecular weight excluding hydrogens is 286 g/mol. The van der Waals surface area contributed by atoms with Gasteiger partial charge in [-0.15, -0.1) is 0 Å². The van der Waals surface area contributed by atoms with Crippen LogP contribution in [0.15, 0.2) is 53.3 Å². The lowest BCUT2D eigenvalue weighted by Gasteiger charge is -2.12. The highest BCUT2D eigenvalue weighted by atomic mass is 35.5. The van der Waals surface area contributed by atoms with E-state index in [0.29, 0.717) is 27.5 Å². The van der Waals surface area contributed by atoms with E-state index in [1.165, 1.54) is 10.6 Å². The Morgan fingerprint density at radius 1 is 1.14 bits per heavy atom. The van der Waals surface area contributed by atoms with E-state index >= 15 is 0 Å². The number of anilines is 1. The SMILES string of the molecule is N#Cc1ccc(-n2c(N)cc3ccccc3c2=O)c(Cl)c1. The van der Waals surface area contributed by atoms with Crippen LogP contribution in [0.2, 0.25) is 5.02 Å². The molecule has 102 valence electrons. The van der Waals surface area contributed by atoms with E-state index in [9.17, 15) is 4.79 Å². The molecule has 0 spiro atoms. The molecule has 4 nitrogen and oxygen atoms in total. The van der Waals surface area contributed by atoms with E-state index in [-0.39, 0.29) is 5.56 Å². The zero-order valence-electron chi connectivity index (χ0n) is 10.9. The number of aromatic nitrogens is 1. The Hall–Kier alpha value is -2.77. The molecule has 2 N–H and O–H groups in total. The van der Waals surface area contributed by atoms with Gasteiger partial charge in [0, 0.05) is 5.39 Å². The van der Waals surface area contributed by atoms with E-state index in [1.54, 1.807) is 30.3 Å². The highest BCUT2D eigenvalue weighted by Crippen LogP contribution is 2.24. The summed E-state index contributed by atoms with van der Waals surface area (Å²) in [5.74, 6) is 0.297. The number of benzene rings is 2. The molecule has 21 heavy (non-hydrogen) atoms. The molecule has 0 radical (unpaired) electrons. The van der Waals surface area contributed by atoms with Crippen LogP contribution in [0.3, 0.4) is 0 Å². The molecule has 1 heterocycles. The summed E-state index contributed by atoms with van der Waals surface area (Å²) in [7, 11) is 0. The van der Waals surface area contributed by atoms with Crippen LogP contribution in [0.1, 0.15) is 5.56 Å². The first kappa shape index (κ1) is 13.2. The average molecular weight is 296 g/mol. The van der Waals surface area contributed by atoms with Crippen LogP contribution in [0.4, 0.5) is 5.82 Å². The standard InChI is InChI=1S/C16H10ClN3O/c17-13-7-10(9-18)5-6-14(13)20-15(19)8-11-3-1-2-4-12(11)16(20)21/h1-8H,19H2. The minimum atomic E-state index is -0.239.